The van der Waals surface area contributed by atoms with Gasteiger partial charge in [0, 0.05) is 13.7 Å². The molecule has 0 unspecified atom stereocenters. The number of hydrogen-bond acceptors (Lipinski definition) is 4. The summed E-state index contributed by atoms with van der Waals surface area (Å²) in [5.74, 6) is 0.514. The van der Waals surface area contributed by atoms with Crippen molar-refractivity contribution in [2.45, 2.75) is 18.0 Å². The lowest BCUT2D eigenvalue weighted by Gasteiger charge is -2.21. The van der Waals surface area contributed by atoms with Gasteiger partial charge in [0.05, 0.1) is 27.8 Å². The highest BCUT2D eigenvalue weighted by molar-refractivity contribution is 7.92. The number of alkyl halides is 3. The Morgan fingerprint density at radius 2 is 1.71 bits per heavy atom. The van der Waals surface area contributed by atoms with Crippen LogP contribution in [0, 0.1) is 0 Å². The molecule has 154 valence electrons. The lowest BCUT2D eigenvalue weighted by molar-refractivity contribution is -0.137. The molecule has 0 saturated carbocycles. The molecule has 2 aromatic carbocycles. The first kappa shape index (κ1) is 22.3. The summed E-state index contributed by atoms with van der Waals surface area (Å²) in [6.07, 6.45) is -4.76. The van der Waals surface area contributed by atoms with E-state index in [0.29, 0.717) is 31.6 Å². The van der Waals surface area contributed by atoms with Gasteiger partial charge in [0.25, 0.3) is 10.0 Å². The van der Waals surface area contributed by atoms with Crippen LogP contribution >= 0.6 is 11.6 Å². The third-order valence-corrected chi connectivity index (χ3v) is 5.91. The van der Waals surface area contributed by atoms with Crippen molar-refractivity contribution in [3.63, 3.8) is 0 Å². The zero-order valence-corrected chi connectivity index (χ0v) is 16.7. The van der Waals surface area contributed by atoms with Gasteiger partial charge in [-0.15, -0.1) is 0 Å². The molecule has 0 atom stereocenters. The molecule has 2 rings (SSSR count). The van der Waals surface area contributed by atoms with E-state index < -0.39 is 31.7 Å². The van der Waals surface area contributed by atoms with E-state index in [1.807, 2.05) is 6.92 Å². The van der Waals surface area contributed by atoms with Crippen LogP contribution in [0.4, 0.5) is 18.9 Å². The summed E-state index contributed by atoms with van der Waals surface area (Å²) < 4.78 is 76.0. The molecule has 0 bridgehead atoms. The first-order valence-electron chi connectivity index (χ1n) is 8.23. The lowest BCUT2D eigenvalue weighted by atomic mass is 10.2. The molecule has 0 N–H and O–H groups in total. The summed E-state index contributed by atoms with van der Waals surface area (Å²) in [6.45, 7) is 3.20. The number of ether oxygens (including phenoxy) is 2. The Kier molecular flexibility index (Phi) is 7.19. The molecule has 0 radical (unpaired) electrons. The Morgan fingerprint density at radius 3 is 2.29 bits per heavy atom. The van der Waals surface area contributed by atoms with Crippen molar-refractivity contribution in [1.82, 2.24) is 0 Å². The number of sulfonamides is 1. The second-order valence-corrected chi connectivity index (χ2v) is 8.03. The van der Waals surface area contributed by atoms with Crippen LogP contribution in [0.3, 0.4) is 0 Å². The average molecular weight is 438 g/mol. The maximum atomic E-state index is 13.0. The van der Waals surface area contributed by atoms with Crippen LogP contribution in [0.1, 0.15) is 12.5 Å². The van der Waals surface area contributed by atoms with Crippen molar-refractivity contribution in [2.75, 3.05) is 31.2 Å². The molecule has 0 saturated heterocycles. The van der Waals surface area contributed by atoms with Crippen LogP contribution in [0.2, 0.25) is 5.02 Å². The van der Waals surface area contributed by atoms with Gasteiger partial charge in [-0.1, -0.05) is 11.6 Å². The summed E-state index contributed by atoms with van der Waals surface area (Å²) in [7, 11) is -2.96. The minimum Gasteiger partial charge on any atom is -0.491 e. The van der Waals surface area contributed by atoms with E-state index in [0.717, 1.165) is 16.4 Å². The van der Waals surface area contributed by atoms with Crippen molar-refractivity contribution in [3.05, 3.63) is 53.1 Å². The van der Waals surface area contributed by atoms with Gasteiger partial charge in [0.1, 0.15) is 12.4 Å². The topological polar surface area (TPSA) is 55.8 Å². The van der Waals surface area contributed by atoms with E-state index in [9.17, 15) is 21.6 Å². The first-order valence-corrected chi connectivity index (χ1v) is 10.1. The van der Waals surface area contributed by atoms with Gasteiger partial charge in [0.2, 0.25) is 0 Å². The number of rotatable bonds is 8. The highest BCUT2D eigenvalue weighted by Gasteiger charge is 2.35. The molecule has 10 heteroatoms. The van der Waals surface area contributed by atoms with Crippen molar-refractivity contribution >= 4 is 27.3 Å². The molecular formula is C18H19ClF3NO4S. The normalized spacial score (nSPS) is 12.1. The second-order valence-electron chi connectivity index (χ2n) is 5.65. The Labute approximate surface area is 166 Å². The summed E-state index contributed by atoms with van der Waals surface area (Å²) in [5.41, 5.74) is -0.942. The van der Waals surface area contributed by atoms with Gasteiger partial charge in [-0.2, -0.15) is 13.2 Å². The highest BCUT2D eigenvalue weighted by Crippen LogP contribution is 2.36. The quantitative estimate of drug-likeness (QED) is 0.566. The highest BCUT2D eigenvalue weighted by atomic mass is 35.5. The zero-order chi connectivity index (χ0) is 20.9. The summed E-state index contributed by atoms with van der Waals surface area (Å²) in [4.78, 5) is -0.510. The molecule has 2 aromatic rings. The average Bonchev–Trinajstić information content (AvgIpc) is 2.64. The van der Waals surface area contributed by atoms with E-state index in [-0.39, 0.29) is 5.69 Å². The molecule has 0 amide bonds. The standard InChI is InChI=1S/C18H19ClF3NO4S/c1-3-26-10-11-27-14-6-4-13(5-7-14)23(2)28(24,25)15-8-9-17(19)16(12-15)18(20,21)22/h4-9,12H,3,10-11H2,1-2H3. The van der Waals surface area contributed by atoms with Crippen molar-refractivity contribution < 1.29 is 31.1 Å². The van der Waals surface area contributed by atoms with Crippen molar-refractivity contribution in [3.8, 4) is 5.75 Å². The van der Waals surface area contributed by atoms with Gasteiger partial charge >= 0.3 is 6.18 Å². The summed E-state index contributed by atoms with van der Waals surface area (Å²) in [6, 6.07) is 8.60. The van der Waals surface area contributed by atoms with Gasteiger partial charge in [-0.05, 0) is 49.4 Å². The monoisotopic (exact) mass is 437 g/mol. The Balaban J connectivity index is 2.22. The lowest BCUT2D eigenvalue weighted by Crippen LogP contribution is -2.26. The minimum absolute atomic E-state index is 0.265. The number of halogens is 4. The molecule has 0 heterocycles. The predicted octanol–water partition coefficient (Wildman–Crippen LogP) is 4.60. The van der Waals surface area contributed by atoms with Gasteiger partial charge in [0.15, 0.2) is 0 Å². The fraction of sp³-hybridized carbons (Fsp3) is 0.333. The van der Waals surface area contributed by atoms with Crippen LogP contribution in [0.5, 0.6) is 5.75 Å². The molecule has 0 spiro atoms. The molecule has 0 aromatic heterocycles. The van der Waals surface area contributed by atoms with Gasteiger partial charge in [-0.3, -0.25) is 4.31 Å². The number of anilines is 1. The third-order valence-electron chi connectivity index (χ3n) is 3.80. The Morgan fingerprint density at radius 1 is 1.07 bits per heavy atom. The molecule has 0 aliphatic heterocycles. The summed E-state index contributed by atoms with van der Waals surface area (Å²) in [5, 5.41) is -0.567. The third kappa shape index (κ3) is 5.30. The Hall–Kier alpha value is -1.97. The smallest absolute Gasteiger partial charge is 0.417 e. The minimum atomic E-state index is -4.76. The Bertz CT molecular complexity index is 902. The van der Waals surface area contributed by atoms with Crippen molar-refractivity contribution in [1.29, 1.82) is 0 Å². The first-order chi connectivity index (χ1) is 13.1. The summed E-state index contributed by atoms with van der Waals surface area (Å²) >= 11 is 5.56. The molecule has 5 nitrogen and oxygen atoms in total. The molecule has 0 aliphatic rings. The van der Waals surface area contributed by atoms with Crippen LogP contribution in [-0.2, 0) is 20.9 Å². The van der Waals surface area contributed by atoms with E-state index in [1.54, 1.807) is 12.1 Å². The molecule has 0 aliphatic carbocycles. The number of hydrogen-bond donors (Lipinski definition) is 0. The predicted molar refractivity (Wildman–Crippen MR) is 100 cm³/mol. The van der Waals surface area contributed by atoms with Crippen LogP contribution in [-0.4, -0.2) is 35.3 Å². The maximum absolute atomic E-state index is 13.0. The van der Waals surface area contributed by atoms with E-state index in [1.165, 1.54) is 19.2 Å². The van der Waals surface area contributed by atoms with E-state index in [2.05, 4.69) is 0 Å². The van der Waals surface area contributed by atoms with Crippen LogP contribution in [0.15, 0.2) is 47.4 Å². The fourth-order valence-corrected chi connectivity index (χ4v) is 3.74. The van der Waals surface area contributed by atoms with Gasteiger partial charge < -0.3 is 9.47 Å². The van der Waals surface area contributed by atoms with E-state index >= 15 is 0 Å². The fourth-order valence-electron chi connectivity index (χ4n) is 2.29. The zero-order valence-electron chi connectivity index (χ0n) is 15.2. The van der Waals surface area contributed by atoms with Crippen LogP contribution < -0.4 is 9.04 Å². The van der Waals surface area contributed by atoms with Crippen molar-refractivity contribution in [2.24, 2.45) is 0 Å². The van der Waals surface area contributed by atoms with Crippen LogP contribution in [0.25, 0.3) is 0 Å². The number of nitrogens with zero attached hydrogens (tertiary/aromatic N) is 1. The van der Waals surface area contributed by atoms with E-state index in [4.69, 9.17) is 21.1 Å². The molecule has 28 heavy (non-hydrogen) atoms. The molecule has 0 fully saturated rings. The van der Waals surface area contributed by atoms with Gasteiger partial charge in [-0.25, -0.2) is 8.42 Å². The number of benzene rings is 2. The molecular weight excluding hydrogens is 419 g/mol. The maximum Gasteiger partial charge on any atom is 0.417 e. The SMILES string of the molecule is CCOCCOc1ccc(N(C)S(=O)(=O)c2ccc(Cl)c(C(F)(F)F)c2)cc1. The second kappa shape index (κ2) is 9.02. The largest absolute Gasteiger partial charge is 0.491 e.